The van der Waals surface area contributed by atoms with Crippen LogP contribution < -0.4 is 0 Å². The smallest absolute Gasteiger partial charge is 0.142 e. The normalized spacial score (nSPS) is 11.0. The van der Waals surface area contributed by atoms with Crippen molar-refractivity contribution >= 4 is 39.1 Å². The van der Waals surface area contributed by atoms with E-state index in [2.05, 4.69) is 34.1 Å². The molecule has 0 atom stereocenters. The second-order valence-electron chi connectivity index (χ2n) is 3.25. The van der Waals surface area contributed by atoms with Crippen molar-refractivity contribution in [3.63, 3.8) is 0 Å². The van der Waals surface area contributed by atoms with Gasteiger partial charge in [0, 0.05) is 4.47 Å². The van der Waals surface area contributed by atoms with Crippen molar-refractivity contribution in [3.8, 4) is 0 Å². The van der Waals surface area contributed by atoms with Gasteiger partial charge in [0.05, 0.1) is 0 Å². The summed E-state index contributed by atoms with van der Waals surface area (Å²) in [4.78, 5) is 10.2. The number of carbonyl (C=O) groups excluding carboxylic acids is 1. The molecule has 1 nitrogen and oxygen atoms in total. The molecule has 0 saturated carbocycles. The zero-order valence-electron chi connectivity index (χ0n) is 7.98. The van der Waals surface area contributed by atoms with Gasteiger partial charge in [-0.15, -0.1) is 0 Å². The number of carbonyl (C=O) groups is 1. The van der Waals surface area contributed by atoms with E-state index in [1.54, 1.807) is 6.08 Å². The average molecular weight is 261 g/mol. The second-order valence-corrected chi connectivity index (χ2v) is 4.16. The molecule has 0 bridgehead atoms. The molecule has 0 aromatic heterocycles. The summed E-state index contributed by atoms with van der Waals surface area (Å²) in [6.45, 7) is 0. The first-order valence-electron chi connectivity index (χ1n) is 4.61. The molecule has 15 heavy (non-hydrogen) atoms. The summed E-state index contributed by atoms with van der Waals surface area (Å²) in [5.41, 5.74) is 1.04. The fourth-order valence-corrected chi connectivity index (χ4v) is 1.87. The zero-order chi connectivity index (χ0) is 10.7. The molecule has 0 aliphatic heterocycles. The molecule has 2 aromatic carbocycles. The highest BCUT2D eigenvalue weighted by Crippen LogP contribution is 2.21. The van der Waals surface area contributed by atoms with Gasteiger partial charge in [-0.05, 0) is 40.6 Å². The van der Waals surface area contributed by atoms with Crippen LogP contribution in [0, 0.1) is 0 Å². The van der Waals surface area contributed by atoms with Gasteiger partial charge in [-0.25, -0.2) is 0 Å². The lowest BCUT2D eigenvalue weighted by molar-refractivity contribution is -0.104. The van der Waals surface area contributed by atoms with E-state index >= 15 is 0 Å². The van der Waals surface area contributed by atoms with Crippen molar-refractivity contribution < 1.29 is 4.79 Å². The topological polar surface area (TPSA) is 17.1 Å². The van der Waals surface area contributed by atoms with Gasteiger partial charge in [-0.3, -0.25) is 4.79 Å². The quantitative estimate of drug-likeness (QED) is 0.593. The third kappa shape index (κ3) is 2.34. The van der Waals surface area contributed by atoms with E-state index in [1.807, 2.05) is 18.2 Å². The molecule has 0 fully saturated rings. The van der Waals surface area contributed by atoms with Crippen molar-refractivity contribution in [2.24, 2.45) is 0 Å². The Bertz CT molecular complexity index is 529. The summed E-state index contributed by atoms with van der Waals surface area (Å²) >= 11 is 3.43. The molecule has 0 amide bonds. The first-order valence-corrected chi connectivity index (χ1v) is 5.40. The predicted molar refractivity (Wildman–Crippen MR) is 66.7 cm³/mol. The fourth-order valence-electron chi connectivity index (χ4n) is 1.49. The number of allylic oxidation sites excluding steroid dienone is 1. The number of hydrogen-bond donors (Lipinski definition) is 0. The van der Waals surface area contributed by atoms with Crippen molar-refractivity contribution in [2.75, 3.05) is 0 Å². The van der Waals surface area contributed by atoms with Gasteiger partial charge in [0.25, 0.3) is 0 Å². The highest BCUT2D eigenvalue weighted by molar-refractivity contribution is 9.10. The van der Waals surface area contributed by atoms with Gasteiger partial charge in [0.1, 0.15) is 6.29 Å². The first kappa shape index (κ1) is 10.1. The highest BCUT2D eigenvalue weighted by Gasteiger charge is 1.95. The minimum atomic E-state index is 0.784. The SMILES string of the molecule is O=C/C=C/c1ccc2cc(Br)ccc2c1. The molecule has 0 N–H and O–H groups in total. The maximum atomic E-state index is 10.2. The lowest BCUT2D eigenvalue weighted by Crippen LogP contribution is -1.76. The molecule has 0 heterocycles. The van der Waals surface area contributed by atoms with Gasteiger partial charge in [0.2, 0.25) is 0 Å². The van der Waals surface area contributed by atoms with Gasteiger partial charge in [-0.1, -0.05) is 40.2 Å². The van der Waals surface area contributed by atoms with Crippen molar-refractivity contribution in [3.05, 3.63) is 52.5 Å². The second kappa shape index (κ2) is 4.41. The molecular formula is C13H9BrO. The Kier molecular flexibility index (Phi) is 2.97. The van der Waals surface area contributed by atoms with E-state index in [4.69, 9.17) is 0 Å². The molecule has 74 valence electrons. The van der Waals surface area contributed by atoms with Gasteiger partial charge in [-0.2, -0.15) is 0 Å². The summed E-state index contributed by atoms with van der Waals surface area (Å²) in [5, 5.41) is 2.36. The third-order valence-electron chi connectivity index (χ3n) is 2.19. The molecule has 0 unspecified atom stereocenters. The van der Waals surface area contributed by atoms with Crippen LogP contribution in [-0.4, -0.2) is 6.29 Å². The molecular weight excluding hydrogens is 252 g/mol. The summed E-state index contributed by atoms with van der Waals surface area (Å²) in [5.74, 6) is 0. The van der Waals surface area contributed by atoms with Crippen LogP contribution in [0.25, 0.3) is 16.8 Å². The van der Waals surface area contributed by atoms with E-state index in [0.717, 1.165) is 16.3 Å². The Morgan fingerprint density at radius 2 is 1.73 bits per heavy atom. The van der Waals surface area contributed by atoms with Crippen LogP contribution in [0.5, 0.6) is 0 Å². The number of aldehydes is 1. The minimum Gasteiger partial charge on any atom is -0.299 e. The molecule has 0 radical (unpaired) electrons. The molecule has 2 rings (SSSR count). The molecule has 0 saturated heterocycles. The van der Waals surface area contributed by atoms with E-state index in [0.29, 0.717) is 0 Å². The largest absolute Gasteiger partial charge is 0.299 e. The first-order chi connectivity index (χ1) is 7.29. The maximum absolute atomic E-state index is 10.2. The van der Waals surface area contributed by atoms with Crippen LogP contribution in [0.15, 0.2) is 46.9 Å². The van der Waals surface area contributed by atoms with Crippen LogP contribution in [0.2, 0.25) is 0 Å². The Morgan fingerprint density at radius 1 is 1.00 bits per heavy atom. The summed E-state index contributed by atoms with van der Waals surface area (Å²) in [6.07, 6.45) is 4.08. The predicted octanol–water partition coefficient (Wildman–Crippen LogP) is 3.81. The van der Waals surface area contributed by atoms with Crippen LogP contribution in [0.4, 0.5) is 0 Å². The Morgan fingerprint density at radius 3 is 2.53 bits per heavy atom. The van der Waals surface area contributed by atoms with E-state index in [9.17, 15) is 4.79 Å². The van der Waals surface area contributed by atoms with Crippen molar-refractivity contribution in [2.45, 2.75) is 0 Å². The van der Waals surface area contributed by atoms with Crippen LogP contribution in [-0.2, 0) is 4.79 Å². The number of hydrogen-bond acceptors (Lipinski definition) is 1. The third-order valence-corrected chi connectivity index (χ3v) is 2.69. The van der Waals surface area contributed by atoms with Gasteiger partial charge >= 0.3 is 0 Å². The van der Waals surface area contributed by atoms with Crippen LogP contribution in [0.3, 0.4) is 0 Å². The Labute approximate surface area is 96.5 Å². The van der Waals surface area contributed by atoms with E-state index < -0.39 is 0 Å². The molecule has 2 aromatic rings. The number of rotatable bonds is 2. The number of benzene rings is 2. The van der Waals surface area contributed by atoms with Crippen molar-refractivity contribution in [1.82, 2.24) is 0 Å². The minimum absolute atomic E-state index is 0.784. The highest BCUT2D eigenvalue weighted by atomic mass is 79.9. The molecule has 0 spiro atoms. The monoisotopic (exact) mass is 260 g/mol. The summed E-state index contributed by atoms with van der Waals surface area (Å²) < 4.78 is 1.08. The zero-order valence-corrected chi connectivity index (χ0v) is 9.57. The van der Waals surface area contributed by atoms with Crippen LogP contribution >= 0.6 is 15.9 Å². The lowest BCUT2D eigenvalue weighted by atomic mass is 10.1. The molecule has 0 aliphatic rings. The number of halogens is 1. The van der Waals surface area contributed by atoms with E-state index in [1.165, 1.54) is 16.8 Å². The van der Waals surface area contributed by atoms with Crippen molar-refractivity contribution in [1.29, 1.82) is 0 Å². The standard InChI is InChI=1S/C13H9BrO/c14-13-6-5-11-8-10(2-1-7-15)3-4-12(11)9-13/h1-9H/b2-1+. The van der Waals surface area contributed by atoms with E-state index in [-0.39, 0.29) is 0 Å². The average Bonchev–Trinajstić information content (AvgIpc) is 2.26. The lowest BCUT2D eigenvalue weighted by Gasteiger charge is -2.00. The fraction of sp³-hybridized carbons (Fsp3) is 0. The van der Waals surface area contributed by atoms with Crippen LogP contribution in [0.1, 0.15) is 5.56 Å². The summed E-state index contributed by atoms with van der Waals surface area (Å²) in [6, 6.07) is 12.2. The molecule has 0 aliphatic carbocycles. The molecule has 2 heteroatoms. The van der Waals surface area contributed by atoms with Gasteiger partial charge in [0.15, 0.2) is 0 Å². The Balaban J connectivity index is 2.52. The van der Waals surface area contributed by atoms with Gasteiger partial charge < -0.3 is 0 Å². The Hall–Kier alpha value is -1.41. The maximum Gasteiger partial charge on any atom is 0.142 e. The number of fused-ring (bicyclic) bond motifs is 1. The summed E-state index contributed by atoms with van der Waals surface area (Å²) in [7, 11) is 0.